The van der Waals surface area contributed by atoms with Crippen molar-refractivity contribution in [2.75, 3.05) is 18.9 Å². The Labute approximate surface area is 210 Å². The van der Waals surface area contributed by atoms with Crippen molar-refractivity contribution in [3.63, 3.8) is 0 Å². The van der Waals surface area contributed by atoms with Crippen LogP contribution in [0.2, 0.25) is 0 Å². The molecule has 1 amide bonds. The molecule has 5 rings (SSSR count). The number of carbonyl (C=O) groups is 1. The van der Waals surface area contributed by atoms with E-state index in [1.54, 1.807) is 6.20 Å². The minimum Gasteiger partial charge on any atom is -0.494 e. The van der Waals surface area contributed by atoms with E-state index in [1.165, 1.54) is 5.56 Å². The van der Waals surface area contributed by atoms with Gasteiger partial charge < -0.3 is 20.4 Å². The van der Waals surface area contributed by atoms with Gasteiger partial charge in [-0.25, -0.2) is 9.97 Å². The van der Waals surface area contributed by atoms with Crippen molar-refractivity contribution in [2.24, 2.45) is 7.05 Å². The van der Waals surface area contributed by atoms with Crippen molar-refractivity contribution in [1.29, 1.82) is 0 Å². The summed E-state index contributed by atoms with van der Waals surface area (Å²) in [5.41, 5.74) is 11.7. The number of carbonyl (C=O) groups excluding carboxylic acids is 1. The van der Waals surface area contributed by atoms with Gasteiger partial charge in [-0.1, -0.05) is 48.2 Å². The van der Waals surface area contributed by atoms with Crippen molar-refractivity contribution in [1.82, 2.24) is 19.9 Å². The summed E-state index contributed by atoms with van der Waals surface area (Å²) in [6, 6.07) is 20.0. The van der Waals surface area contributed by atoms with E-state index in [9.17, 15) is 4.79 Å². The lowest BCUT2D eigenvalue weighted by molar-refractivity contribution is 0.0945. The fraction of sp³-hybridized carbons (Fsp3) is 0.207. The number of nitrogens with one attached hydrogen (secondary N) is 1. The fourth-order valence-corrected chi connectivity index (χ4v) is 4.36. The Morgan fingerprint density at radius 1 is 1.11 bits per heavy atom. The van der Waals surface area contributed by atoms with E-state index in [2.05, 4.69) is 51.4 Å². The third-order valence-corrected chi connectivity index (χ3v) is 6.20. The van der Waals surface area contributed by atoms with Crippen LogP contribution < -0.4 is 15.8 Å². The molecule has 1 aliphatic rings. The molecule has 0 saturated carbocycles. The Morgan fingerprint density at radius 2 is 1.97 bits per heavy atom. The van der Waals surface area contributed by atoms with Crippen LogP contribution in [0.3, 0.4) is 0 Å². The maximum Gasteiger partial charge on any atom is 0.253 e. The zero-order valence-corrected chi connectivity index (χ0v) is 20.1. The molecule has 3 N–H and O–H groups in total. The molecule has 2 aromatic heterocycles. The van der Waals surface area contributed by atoms with Crippen molar-refractivity contribution in [3.8, 4) is 29.0 Å². The van der Waals surface area contributed by atoms with E-state index in [1.807, 2.05) is 48.0 Å². The molecule has 0 atom stereocenters. The fourth-order valence-electron chi connectivity index (χ4n) is 4.36. The number of ether oxygens (including phenoxy) is 1. The summed E-state index contributed by atoms with van der Waals surface area (Å²) >= 11 is 0. The van der Waals surface area contributed by atoms with Crippen LogP contribution in [0, 0.1) is 11.8 Å². The monoisotopic (exact) mass is 477 g/mol. The van der Waals surface area contributed by atoms with Crippen LogP contribution in [0.5, 0.6) is 5.75 Å². The molecule has 4 aromatic rings. The Hall–Kier alpha value is -4.57. The molecule has 36 heavy (non-hydrogen) atoms. The van der Waals surface area contributed by atoms with Crippen molar-refractivity contribution < 1.29 is 9.53 Å². The van der Waals surface area contributed by atoms with E-state index in [0.29, 0.717) is 30.0 Å². The maximum atomic E-state index is 12.3. The van der Waals surface area contributed by atoms with Crippen LogP contribution in [0.4, 0.5) is 5.95 Å². The topological polar surface area (TPSA) is 95.1 Å². The molecular weight excluding hydrogens is 450 g/mol. The predicted octanol–water partition coefficient (Wildman–Crippen LogP) is 3.76. The number of nitrogens with zero attached hydrogens (tertiary/aromatic N) is 3. The van der Waals surface area contributed by atoms with Gasteiger partial charge in [0.25, 0.3) is 5.91 Å². The average molecular weight is 478 g/mol. The Morgan fingerprint density at radius 3 is 2.81 bits per heavy atom. The van der Waals surface area contributed by atoms with Gasteiger partial charge in [-0.3, -0.25) is 4.79 Å². The molecule has 180 valence electrons. The number of benzene rings is 2. The van der Waals surface area contributed by atoms with Gasteiger partial charge in [-0.2, -0.15) is 0 Å². The minimum atomic E-state index is -0.0756. The molecule has 2 aromatic carbocycles. The number of nitrogens with two attached hydrogens (primary N) is 1. The average Bonchev–Trinajstić information content (AvgIpc) is 3.24. The molecule has 0 saturated heterocycles. The number of hydrogen-bond donors (Lipinski definition) is 2. The quantitative estimate of drug-likeness (QED) is 0.326. The van der Waals surface area contributed by atoms with Crippen LogP contribution in [-0.4, -0.2) is 33.6 Å². The molecule has 0 unspecified atom stereocenters. The first-order valence-electron chi connectivity index (χ1n) is 12.0. The standard InChI is InChI=1S/C29H27N5O2/c1-34-25-14-15-31-28(35)24(25)18-26(34)27-22(19-32-29(30)33-27)13-12-21-9-5-11-23(17-21)36-16-6-10-20-7-3-2-4-8-20/h2-5,7-9,11,17-19H,6,10,14-16H2,1H3,(H,31,35)(H2,30,32,33). The molecule has 0 fully saturated rings. The smallest absolute Gasteiger partial charge is 0.253 e. The molecule has 0 radical (unpaired) electrons. The zero-order valence-electron chi connectivity index (χ0n) is 20.1. The summed E-state index contributed by atoms with van der Waals surface area (Å²) in [6.45, 7) is 1.25. The lowest BCUT2D eigenvalue weighted by Gasteiger charge is -2.14. The number of anilines is 1. The second-order valence-electron chi connectivity index (χ2n) is 8.66. The van der Waals surface area contributed by atoms with Crippen molar-refractivity contribution in [3.05, 3.63) is 94.8 Å². The van der Waals surface area contributed by atoms with E-state index < -0.39 is 0 Å². The van der Waals surface area contributed by atoms with Crippen LogP contribution in [0.15, 0.2) is 66.9 Å². The molecule has 3 heterocycles. The van der Waals surface area contributed by atoms with E-state index >= 15 is 0 Å². The van der Waals surface area contributed by atoms with Gasteiger partial charge in [0.2, 0.25) is 5.95 Å². The van der Waals surface area contributed by atoms with E-state index in [0.717, 1.165) is 42.0 Å². The number of aryl methyl sites for hydroxylation is 1. The molecular formula is C29H27N5O2. The Balaban J connectivity index is 1.34. The highest BCUT2D eigenvalue weighted by atomic mass is 16.5. The van der Waals surface area contributed by atoms with Gasteiger partial charge in [0.05, 0.1) is 23.4 Å². The first kappa shape index (κ1) is 23.2. The summed E-state index contributed by atoms with van der Waals surface area (Å²) in [7, 11) is 1.93. The zero-order chi connectivity index (χ0) is 24.9. The summed E-state index contributed by atoms with van der Waals surface area (Å²) in [4.78, 5) is 20.9. The van der Waals surface area contributed by atoms with Gasteiger partial charge in [0, 0.05) is 37.5 Å². The van der Waals surface area contributed by atoms with Crippen LogP contribution in [0.1, 0.15) is 39.2 Å². The number of amides is 1. The highest BCUT2D eigenvalue weighted by Crippen LogP contribution is 2.28. The largest absolute Gasteiger partial charge is 0.494 e. The predicted molar refractivity (Wildman–Crippen MR) is 140 cm³/mol. The summed E-state index contributed by atoms with van der Waals surface area (Å²) in [5.74, 6) is 7.25. The van der Waals surface area contributed by atoms with Crippen LogP contribution in [0.25, 0.3) is 11.4 Å². The minimum absolute atomic E-state index is 0.0756. The lowest BCUT2D eigenvalue weighted by Crippen LogP contribution is -2.31. The maximum absolute atomic E-state index is 12.3. The van der Waals surface area contributed by atoms with Crippen molar-refractivity contribution >= 4 is 11.9 Å². The molecule has 1 aliphatic heterocycles. The molecule has 0 bridgehead atoms. The van der Waals surface area contributed by atoms with E-state index in [4.69, 9.17) is 10.5 Å². The van der Waals surface area contributed by atoms with E-state index in [-0.39, 0.29) is 11.9 Å². The number of rotatable bonds is 6. The highest BCUT2D eigenvalue weighted by Gasteiger charge is 2.24. The van der Waals surface area contributed by atoms with Crippen molar-refractivity contribution in [2.45, 2.75) is 19.3 Å². The van der Waals surface area contributed by atoms with Crippen LogP contribution in [-0.2, 0) is 19.9 Å². The first-order chi connectivity index (χ1) is 17.6. The Kier molecular flexibility index (Phi) is 6.67. The SMILES string of the molecule is Cn1c(-c2nc(N)ncc2C#Cc2cccc(OCCCc3ccccc3)c2)cc2c1CCNC2=O. The van der Waals surface area contributed by atoms with Gasteiger partial charge in [-0.05, 0) is 42.7 Å². The summed E-state index contributed by atoms with van der Waals surface area (Å²) < 4.78 is 7.94. The van der Waals surface area contributed by atoms with Crippen LogP contribution >= 0.6 is 0 Å². The molecule has 0 spiro atoms. The third-order valence-electron chi connectivity index (χ3n) is 6.20. The van der Waals surface area contributed by atoms with Gasteiger partial charge >= 0.3 is 0 Å². The first-order valence-corrected chi connectivity index (χ1v) is 12.0. The highest BCUT2D eigenvalue weighted by molar-refractivity contribution is 5.98. The second-order valence-corrected chi connectivity index (χ2v) is 8.66. The lowest BCUT2D eigenvalue weighted by atomic mass is 10.1. The van der Waals surface area contributed by atoms with Gasteiger partial charge in [0.15, 0.2) is 0 Å². The molecule has 0 aliphatic carbocycles. The third kappa shape index (κ3) is 5.08. The normalized spacial score (nSPS) is 12.3. The second kappa shape index (κ2) is 10.4. The summed E-state index contributed by atoms with van der Waals surface area (Å²) in [5, 5.41) is 2.89. The van der Waals surface area contributed by atoms with Gasteiger partial charge in [-0.15, -0.1) is 0 Å². The number of fused-ring (bicyclic) bond motifs is 1. The summed E-state index contributed by atoms with van der Waals surface area (Å²) in [6.07, 6.45) is 4.30. The number of nitrogen functional groups attached to an aromatic ring is 1. The molecule has 7 heteroatoms. The number of aromatic nitrogens is 3. The van der Waals surface area contributed by atoms with Gasteiger partial charge in [0.1, 0.15) is 11.4 Å². The Bertz CT molecular complexity index is 1460. The number of hydrogen-bond acceptors (Lipinski definition) is 5. The molecule has 7 nitrogen and oxygen atoms in total.